The maximum absolute atomic E-state index is 4.50. The average molecular weight is 249 g/mol. The van der Waals surface area contributed by atoms with E-state index in [1.54, 1.807) is 0 Å². The van der Waals surface area contributed by atoms with Crippen LogP contribution >= 0.6 is 11.3 Å². The molecule has 1 unspecified atom stereocenters. The van der Waals surface area contributed by atoms with Crippen LogP contribution in [0.2, 0.25) is 0 Å². The zero-order valence-electron chi connectivity index (χ0n) is 10.6. The summed E-state index contributed by atoms with van der Waals surface area (Å²) in [5, 5.41) is 8.00. The molecule has 0 aliphatic carbocycles. The first-order valence-electron chi connectivity index (χ1n) is 6.06. The molecule has 1 atom stereocenters. The zero-order valence-corrected chi connectivity index (χ0v) is 11.4. The molecule has 0 amide bonds. The van der Waals surface area contributed by atoms with Crippen LogP contribution < -0.4 is 5.32 Å². The van der Waals surface area contributed by atoms with Crippen molar-refractivity contribution in [2.45, 2.75) is 26.3 Å². The van der Waals surface area contributed by atoms with E-state index in [4.69, 9.17) is 0 Å². The topological polar surface area (TPSA) is 29.9 Å². The molecule has 0 spiro atoms. The van der Waals surface area contributed by atoms with Crippen LogP contribution in [0.4, 0.5) is 0 Å². The van der Waals surface area contributed by atoms with E-state index < -0.39 is 0 Å². The Balaban J connectivity index is 2.28. The van der Waals surface area contributed by atoms with Crippen LogP contribution in [0.3, 0.4) is 0 Å². The lowest BCUT2D eigenvalue weighted by atomic mass is 10.1. The first kappa shape index (κ1) is 12.3. The van der Waals surface area contributed by atoms with Gasteiger partial charge < -0.3 is 5.32 Å². The van der Waals surface area contributed by atoms with Crippen molar-refractivity contribution in [3.05, 3.63) is 39.8 Å². The Kier molecular flexibility index (Phi) is 3.97. The number of hydrogen-bond acceptors (Lipinski definition) is 3. The highest BCUT2D eigenvalue weighted by Crippen LogP contribution is 2.27. The highest BCUT2D eigenvalue weighted by Gasteiger charge is 2.17. The summed E-state index contributed by atoms with van der Waals surface area (Å²) in [6.45, 7) is 5.27. The molecule has 0 fully saturated rings. The van der Waals surface area contributed by atoms with Crippen LogP contribution in [0.5, 0.6) is 0 Å². The van der Waals surface area contributed by atoms with Crippen molar-refractivity contribution in [3.8, 4) is 0 Å². The maximum atomic E-state index is 4.50. The lowest BCUT2D eigenvalue weighted by Crippen LogP contribution is -2.21. The number of rotatable bonds is 5. The summed E-state index contributed by atoms with van der Waals surface area (Å²) < 4.78 is 1.86. The van der Waals surface area contributed by atoms with Crippen molar-refractivity contribution in [3.63, 3.8) is 0 Å². The van der Waals surface area contributed by atoms with Crippen LogP contribution in [-0.4, -0.2) is 16.3 Å². The molecule has 1 N–H and O–H groups in total. The summed E-state index contributed by atoms with van der Waals surface area (Å²) in [7, 11) is 1.96. The minimum absolute atomic E-state index is 0.228. The number of nitrogens with zero attached hydrogens (tertiary/aromatic N) is 2. The monoisotopic (exact) mass is 249 g/mol. The van der Waals surface area contributed by atoms with Crippen molar-refractivity contribution in [1.29, 1.82) is 0 Å². The van der Waals surface area contributed by atoms with Gasteiger partial charge in [0.2, 0.25) is 0 Å². The molecule has 2 rings (SSSR count). The van der Waals surface area contributed by atoms with Gasteiger partial charge in [-0.2, -0.15) is 5.10 Å². The van der Waals surface area contributed by atoms with Crippen LogP contribution in [0, 0.1) is 0 Å². The van der Waals surface area contributed by atoms with E-state index in [1.807, 2.05) is 29.3 Å². The second-order valence-electron chi connectivity index (χ2n) is 4.06. The van der Waals surface area contributed by atoms with Crippen molar-refractivity contribution in [2.75, 3.05) is 6.54 Å². The first-order chi connectivity index (χ1) is 8.24. The van der Waals surface area contributed by atoms with Gasteiger partial charge in [-0.1, -0.05) is 13.8 Å². The minimum Gasteiger partial charge on any atom is -0.305 e. The van der Waals surface area contributed by atoms with E-state index in [-0.39, 0.29) is 6.04 Å². The van der Waals surface area contributed by atoms with E-state index in [0.29, 0.717) is 0 Å². The molecule has 3 nitrogen and oxygen atoms in total. The van der Waals surface area contributed by atoms with Gasteiger partial charge in [-0.15, -0.1) is 11.3 Å². The number of hydrogen-bond donors (Lipinski definition) is 1. The molecule has 0 saturated heterocycles. The Morgan fingerprint density at radius 3 is 2.71 bits per heavy atom. The molecular formula is C13H19N3S. The van der Waals surface area contributed by atoms with Gasteiger partial charge in [0.15, 0.2) is 0 Å². The van der Waals surface area contributed by atoms with Crippen LogP contribution in [0.1, 0.15) is 35.3 Å². The molecule has 2 heterocycles. The third kappa shape index (κ3) is 2.76. The second-order valence-corrected chi connectivity index (χ2v) is 5.26. The van der Waals surface area contributed by atoms with Gasteiger partial charge in [-0.05, 0) is 31.2 Å². The Hall–Kier alpha value is -1.13. The van der Waals surface area contributed by atoms with Gasteiger partial charge in [0.25, 0.3) is 0 Å². The summed E-state index contributed by atoms with van der Waals surface area (Å²) in [4.78, 5) is 2.78. The molecule has 92 valence electrons. The molecule has 0 aromatic carbocycles. The largest absolute Gasteiger partial charge is 0.305 e. The predicted octanol–water partition coefficient (Wildman–Crippen LogP) is 2.74. The number of aryl methyl sites for hydroxylation is 2. The standard InChI is InChI=1S/C13H19N3S/c1-4-10-6-7-12(17-10)13(14-5-2)11-8-9-16(3)15-11/h6-9,13-14H,4-5H2,1-3H3. The van der Waals surface area contributed by atoms with E-state index in [2.05, 4.69) is 42.5 Å². The Morgan fingerprint density at radius 2 is 2.18 bits per heavy atom. The maximum Gasteiger partial charge on any atom is 0.0863 e. The van der Waals surface area contributed by atoms with Gasteiger partial charge in [0.1, 0.15) is 0 Å². The lowest BCUT2D eigenvalue weighted by Gasteiger charge is -2.13. The van der Waals surface area contributed by atoms with E-state index in [1.165, 1.54) is 9.75 Å². The highest BCUT2D eigenvalue weighted by atomic mass is 32.1. The van der Waals surface area contributed by atoms with E-state index >= 15 is 0 Å². The lowest BCUT2D eigenvalue weighted by molar-refractivity contribution is 0.607. The average Bonchev–Trinajstić information content (AvgIpc) is 2.94. The molecule has 4 heteroatoms. The van der Waals surface area contributed by atoms with E-state index in [0.717, 1.165) is 18.7 Å². The van der Waals surface area contributed by atoms with E-state index in [9.17, 15) is 0 Å². The van der Waals surface area contributed by atoms with Crippen LogP contribution in [0.25, 0.3) is 0 Å². The molecule has 2 aromatic rings. The summed E-state index contributed by atoms with van der Waals surface area (Å²) in [6, 6.07) is 6.74. The Morgan fingerprint density at radius 1 is 1.35 bits per heavy atom. The number of thiophene rings is 1. The third-order valence-electron chi connectivity index (χ3n) is 2.75. The molecule has 17 heavy (non-hydrogen) atoms. The number of nitrogens with one attached hydrogen (secondary N) is 1. The molecule has 0 aliphatic heterocycles. The minimum atomic E-state index is 0.228. The van der Waals surface area contributed by atoms with Gasteiger partial charge in [-0.3, -0.25) is 4.68 Å². The summed E-state index contributed by atoms with van der Waals surface area (Å²) in [6.07, 6.45) is 3.10. The van der Waals surface area contributed by atoms with Crippen molar-refractivity contribution in [2.24, 2.45) is 7.05 Å². The normalized spacial score (nSPS) is 12.9. The molecule has 0 aliphatic rings. The third-order valence-corrected chi connectivity index (χ3v) is 4.05. The fraction of sp³-hybridized carbons (Fsp3) is 0.462. The molecule has 0 bridgehead atoms. The molecule has 0 saturated carbocycles. The fourth-order valence-corrected chi connectivity index (χ4v) is 2.92. The Bertz CT molecular complexity index is 472. The molecule has 0 radical (unpaired) electrons. The first-order valence-corrected chi connectivity index (χ1v) is 6.87. The Labute approximate surface area is 106 Å². The van der Waals surface area contributed by atoms with Crippen LogP contribution in [0.15, 0.2) is 24.4 Å². The van der Waals surface area contributed by atoms with Crippen molar-refractivity contribution in [1.82, 2.24) is 15.1 Å². The fourth-order valence-electron chi connectivity index (χ4n) is 1.88. The summed E-state index contributed by atoms with van der Waals surface area (Å²) in [5.41, 5.74) is 1.10. The second kappa shape index (κ2) is 5.47. The zero-order chi connectivity index (χ0) is 12.3. The summed E-state index contributed by atoms with van der Waals surface area (Å²) >= 11 is 1.87. The molecule has 2 aromatic heterocycles. The smallest absolute Gasteiger partial charge is 0.0863 e. The van der Waals surface area contributed by atoms with Gasteiger partial charge >= 0.3 is 0 Å². The van der Waals surface area contributed by atoms with Gasteiger partial charge in [0, 0.05) is 23.0 Å². The van der Waals surface area contributed by atoms with Crippen molar-refractivity contribution < 1.29 is 0 Å². The summed E-state index contributed by atoms with van der Waals surface area (Å²) in [5.74, 6) is 0. The number of aromatic nitrogens is 2. The van der Waals surface area contributed by atoms with Gasteiger partial charge in [-0.25, -0.2) is 0 Å². The quantitative estimate of drug-likeness (QED) is 0.883. The predicted molar refractivity (Wildman–Crippen MR) is 72.4 cm³/mol. The van der Waals surface area contributed by atoms with Gasteiger partial charge in [0.05, 0.1) is 11.7 Å². The highest BCUT2D eigenvalue weighted by molar-refractivity contribution is 7.12. The van der Waals surface area contributed by atoms with Crippen molar-refractivity contribution >= 4 is 11.3 Å². The molecular weight excluding hydrogens is 230 g/mol. The SMILES string of the molecule is CCNC(c1ccn(C)n1)c1ccc(CC)s1. The van der Waals surface area contributed by atoms with Crippen LogP contribution in [-0.2, 0) is 13.5 Å².